The summed E-state index contributed by atoms with van der Waals surface area (Å²) in [5, 5.41) is 11.2. The molecule has 0 atom stereocenters. The number of nitrogens with one attached hydrogen (secondary N) is 2. The van der Waals surface area contributed by atoms with Gasteiger partial charge in [0.05, 0.1) is 22.7 Å². The van der Waals surface area contributed by atoms with Crippen molar-refractivity contribution in [3.8, 4) is 0 Å². The van der Waals surface area contributed by atoms with Crippen LogP contribution in [0.2, 0.25) is 5.02 Å². The van der Waals surface area contributed by atoms with Crippen LogP contribution in [0.1, 0.15) is 19.3 Å². The Kier molecular flexibility index (Phi) is 5.98. The Morgan fingerprint density at radius 2 is 1.95 bits per heavy atom. The first-order valence-corrected chi connectivity index (χ1v) is 8.23. The monoisotopic (exact) mass is 334 g/mol. The highest BCUT2D eigenvalue weighted by Crippen LogP contribution is 2.26. The number of carbonyl (C=O) groups excluding carboxylic acids is 1. The number of rotatable bonds is 7. The van der Waals surface area contributed by atoms with E-state index in [1.165, 1.54) is 18.2 Å². The van der Waals surface area contributed by atoms with Crippen molar-refractivity contribution in [1.82, 2.24) is 0 Å². The van der Waals surface area contributed by atoms with Gasteiger partial charge in [0, 0.05) is 12.8 Å². The van der Waals surface area contributed by atoms with Crippen LogP contribution in [0.4, 0.5) is 11.4 Å². The fraction of sp³-hybridized carbons (Fsp3) is 0.333. The lowest BCUT2D eigenvalue weighted by atomic mass is 10.2. The Labute approximate surface area is 127 Å². The van der Waals surface area contributed by atoms with Crippen LogP contribution in [-0.2, 0) is 19.6 Å². The Morgan fingerprint density at radius 3 is 2.52 bits per heavy atom. The summed E-state index contributed by atoms with van der Waals surface area (Å²) < 4.78 is 24.5. The summed E-state index contributed by atoms with van der Waals surface area (Å²) >= 11 is 5.91. The normalized spacial score (nSPS) is 11.0. The molecule has 0 aliphatic rings. The van der Waals surface area contributed by atoms with Crippen molar-refractivity contribution in [1.29, 1.82) is 0 Å². The van der Waals surface area contributed by atoms with Crippen LogP contribution in [0, 0.1) is 0 Å². The van der Waals surface area contributed by atoms with E-state index in [1.54, 1.807) is 0 Å². The molecule has 1 aromatic carbocycles. The van der Waals surface area contributed by atoms with Gasteiger partial charge in [-0.2, -0.15) is 0 Å². The molecule has 0 spiro atoms. The number of amides is 1. The minimum atomic E-state index is -3.43. The lowest BCUT2D eigenvalue weighted by Crippen LogP contribution is -2.13. The van der Waals surface area contributed by atoms with Gasteiger partial charge in [-0.3, -0.25) is 14.3 Å². The number of carboxylic acids is 1. The maximum atomic E-state index is 11.6. The third-order valence-corrected chi connectivity index (χ3v) is 3.27. The Hall–Kier alpha value is -1.80. The Morgan fingerprint density at radius 1 is 1.29 bits per heavy atom. The minimum Gasteiger partial charge on any atom is -0.481 e. The molecule has 0 saturated heterocycles. The van der Waals surface area contributed by atoms with Gasteiger partial charge in [0.1, 0.15) is 0 Å². The maximum absolute atomic E-state index is 11.6. The highest BCUT2D eigenvalue weighted by Gasteiger charge is 2.09. The molecule has 0 aliphatic carbocycles. The number of halogens is 1. The number of carboxylic acid groups (broad SMARTS) is 1. The summed E-state index contributed by atoms with van der Waals surface area (Å²) in [6.45, 7) is 0. The van der Waals surface area contributed by atoms with Crippen molar-refractivity contribution >= 4 is 44.9 Å². The zero-order valence-electron chi connectivity index (χ0n) is 11.2. The van der Waals surface area contributed by atoms with Crippen molar-refractivity contribution in [2.45, 2.75) is 19.3 Å². The summed E-state index contributed by atoms with van der Waals surface area (Å²) in [5.74, 6) is -1.37. The molecule has 0 aliphatic heterocycles. The molecule has 1 aromatic rings. The van der Waals surface area contributed by atoms with E-state index in [2.05, 4.69) is 10.0 Å². The zero-order chi connectivity index (χ0) is 16.0. The highest BCUT2D eigenvalue weighted by molar-refractivity contribution is 7.92. The molecule has 21 heavy (non-hydrogen) atoms. The molecule has 1 rings (SSSR count). The van der Waals surface area contributed by atoms with Crippen LogP contribution in [-0.4, -0.2) is 31.7 Å². The number of carbonyl (C=O) groups is 2. The quantitative estimate of drug-likeness (QED) is 0.705. The van der Waals surface area contributed by atoms with Crippen molar-refractivity contribution < 1.29 is 23.1 Å². The number of aliphatic carboxylic acids is 1. The van der Waals surface area contributed by atoms with Crippen LogP contribution >= 0.6 is 11.6 Å². The largest absolute Gasteiger partial charge is 0.481 e. The highest BCUT2D eigenvalue weighted by atomic mass is 35.5. The van der Waals surface area contributed by atoms with Crippen LogP contribution in [0.3, 0.4) is 0 Å². The Balaban J connectivity index is 2.71. The van der Waals surface area contributed by atoms with Crippen molar-refractivity contribution in [2.75, 3.05) is 16.3 Å². The van der Waals surface area contributed by atoms with Gasteiger partial charge in [-0.1, -0.05) is 11.6 Å². The van der Waals surface area contributed by atoms with Crippen molar-refractivity contribution in [2.24, 2.45) is 0 Å². The molecular weight excluding hydrogens is 320 g/mol. The second-order valence-corrected chi connectivity index (χ2v) is 6.52. The van der Waals surface area contributed by atoms with Gasteiger partial charge in [-0.05, 0) is 24.6 Å². The van der Waals surface area contributed by atoms with Gasteiger partial charge in [-0.15, -0.1) is 0 Å². The smallest absolute Gasteiger partial charge is 0.303 e. The van der Waals surface area contributed by atoms with E-state index in [1.807, 2.05) is 0 Å². The molecule has 0 bridgehead atoms. The first-order valence-electron chi connectivity index (χ1n) is 5.96. The maximum Gasteiger partial charge on any atom is 0.303 e. The average Bonchev–Trinajstić information content (AvgIpc) is 2.31. The summed E-state index contributed by atoms with van der Waals surface area (Å²) in [7, 11) is -3.43. The molecule has 0 radical (unpaired) electrons. The standard InChI is InChI=1S/C12H15ClN2O5S/c1-21(19,20)15-8-5-6-9(13)10(7-8)14-11(16)3-2-4-12(17)18/h5-7,15H,2-4H2,1H3,(H,14,16)(H,17,18). The lowest BCUT2D eigenvalue weighted by Gasteiger charge is -2.10. The number of hydrogen-bond donors (Lipinski definition) is 3. The van der Waals surface area contributed by atoms with E-state index in [0.29, 0.717) is 0 Å². The molecule has 1 amide bonds. The average molecular weight is 335 g/mol. The molecule has 7 nitrogen and oxygen atoms in total. The van der Waals surface area contributed by atoms with Gasteiger partial charge in [0.2, 0.25) is 15.9 Å². The number of hydrogen-bond acceptors (Lipinski definition) is 4. The van der Waals surface area contributed by atoms with E-state index in [0.717, 1.165) is 6.26 Å². The summed E-state index contributed by atoms with van der Waals surface area (Å²) in [6, 6.07) is 4.30. The van der Waals surface area contributed by atoms with E-state index in [-0.39, 0.29) is 35.7 Å². The number of sulfonamides is 1. The van der Waals surface area contributed by atoms with Crippen molar-refractivity contribution in [3.63, 3.8) is 0 Å². The molecule has 9 heteroatoms. The molecule has 116 valence electrons. The van der Waals surface area contributed by atoms with E-state index in [4.69, 9.17) is 16.7 Å². The third-order valence-electron chi connectivity index (χ3n) is 2.34. The van der Waals surface area contributed by atoms with Gasteiger partial charge >= 0.3 is 5.97 Å². The summed E-state index contributed by atoms with van der Waals surface area (Å²) in [4.78, 5) is 22.0. The SMILES string of the molecule is CS(=O)(=O)Nc1ccc(Cl)c(NC(=O)CCCC(=O)O)c1. The molecular formula is C12H15ClN2O5S. The van der Waals surface area contributed by atoms with E-state index in [9.17, 15) is 18.0 Å². The number of anilines is 2. The van der Waals surface area contributed by atoms with Crippen LogP contribution in [0.15, 0.2) is 18.2 Å². The Bertz CT molecular complexity index is 645. The first kappa shape index (κ1) is 17.3. The van der Waals surface area contributed by atoms with Crippen molar-refractivity contribution in [3.05, 3.63) is 23.2 Å². The fourth-order valence-electron chi connectivity index (χ4n) is 1.51. The second-order valence-electron chi connectivity index (χ2n) is 4.36. The second kappa shape index (κ2) is 7.28. The zero-order valence-corrected chi connectivity index (χ0v) is 12.8. The van der Waals surface area contributed by atoms with Gasteiger partial charge in [-0.25, -0.2) is 8.42 Å². The summed E-state index contributed by atoms with van der Waals surface area (Å²) in [5.41, 5.74) is 0.522. The molecule has 0 saturated carbocycles. The third kappa shape index (κ3) is 6.96. The number of benzene rings is 1. The van der Waals surface area contributed by atoms with E-state index < -0.39 is 21.9 Å². The fourth-order valence-corrected chi connectivity index (χ4v) is 2.23. The molecule has 0 heterocycles. The molecule has 0 aromatic heterocycles. The summed E-state index contributed by atoms with van der Waals surface area (Å²) in [6.07, 6.45) is 1.15. The van der Waals surface area contributed by atoms with Gasteiger partial charge in [0.25, 0.3) is 0 Å². The molecule has 0 unspecified atom stereocenters. The predicted molar refractivity (Wildman–Crippen MR) is 80.0 cm³/mol. The topological polar surface area (TPSA) is 113 Å². The van der Waals surface area contributed by atoms with E-state index >= 15 is 0 Å². The molecule has 0 fully saturated rings. The van der Waals surface area contributed by atoms with Gasteiger partial charge in [0.15, 0.2) is 0 Å². The predicted octanol–water partition coefficient (Wildman–Crippen LogP) is 1.90. The minimum absolute atomic E-state index is 0.0341. The molecule has 3 N–H and O–H groups in total. The van der Waals surface area contributed by atoms with Crippen LogP contribution in [0.25, 0.3) is 0 Å². The van der Waals surface area contributed by atoms with Crippen LogP contribution < -0.4 is 10.0 Å². The first-order chi connectivity index (χ1) is 9.67. The van der Waals surface area contributed by atoms with Crippen LogP contribution in [0.5, 0.6) is 0 Å². The lowest BCUT2D eigenvalue weighted by molar-refractivity contribution is -0.137. The van der Waals surface area contributed by atoms with Gasteiger partial charge < -0.3 is 10.4 Å².